The Morgan fingerprint density at radius 1 is 0.963 bits per heavy atom. The molecule has 2 atom stereocenters. The van der Waals surface area contributed by atoms with Gasteiger partial charge in [0.15, 0.2) is 0 Å². The lowest BCUT2D eigenvalue weighted by Gasteiger charge is -2.52. The molecular weight excluding hydrogens is 336 g/mol. The summed E-state index contributed by atoms with van der Waals surface area (Å²) in [5, 5.41) is 12.8. The Labute approximate surface area is 159 Å². The number of rotatable bonds is 3. The molecule has 2 aliphatic rings. The lowest BCUT2D eigenvalue weighted by Crippen LogP contribution is -2.60. The summed E-state index contributed by atoms with van der Waals surface area (Å²) in [6.07, 6.45) is 3.15. The summed E-state index contributed by atoms with van der Waals surface area (Å²) in [5.74, 6) is 0. The zero-order valence-corrected chi connectivity index (χ0v) is 15.3. The van der Waals surface area contributed by atoms with Crippen LogP contribution in [0.1, 0.15) is 24.0 Å². The van der Waals surface area contributed by atoms with E-state index in [-0.39, 0.29) is 12.1 Å². The molecule has 4 heteroatoms. The van der Waals surface area contributed by atoms with Crippen LogP contribution in [-0.4, -0.2) is 40.3 Å². The normalized spacial score (nSPS) is 28.3. The summed E-state index contributed by atoms with van der Waals surface area (Å²) in [6.45, 7) is 2.25. The lowest BCUT2D eigenvalue weighted by molar-refractivity contribution is -0.149. The first-order valence-corrected chi connectivity index (χ1v) is 9.67. The topological polar surface area (TPSA) is 45.6 Å². The number of aromatic nitrogens is 1. The first-order chi connectivity index (χ1) is 13.2. The van der Waals surface area contributed by atoms with Crippen LogP contribution in [0.2, 0.25) is 0 Å². The highest BCUT2D eigenvalue weighted by molar-refractivity contribution is 5.82. The number of nitrogens with zero attached hydrogens (tertiary/aromatic N) is 2. The summed E-state index contributed by atoms with van der Waals surface area (Å²) < 4.78 is 5.85. The second kappa shape index (κ2) is 6.71. The number of morpholine rings is 1. The number of para-hydroxylation sites is 1. The van der Waals surface area contributed by atoms with Gasteiger partial charge in [0.25, 0.3) is 0 Å². The zero-order valence-electron chi connectivity index (χ0n) is 15.3. The molecule has 2 aromatic carbocycles. The van der Waals surface area contributed by atoms with E-state index in [1.807, 2.05) is 24.4 Å². The maximum atomic E-state index is 11.7. The van der Waals surface area contributed by atoms with Crippen LogP contribution in [0, 0.1) is 0 Å². The smallest absolute Gasteiger partial charge is 0.0949 e. The highest BCUT2D eigenvalue weighted by Gasteiger charge is 2.47. The van der Waals surface area contributed by atoms with E-state index < -0.39 is 5.60 Å². The summed E-state index contributed by atoms with van der Waals surface area (Å²) in [4.78, 5) is 7.10. The monoisotopic (exact) mass is 360 g/mol. The molecule has 27 heavy (non-hydrogen) atoms. The standard InChI is InChI=1S/C23H24N2O2/c26-23(21-10-4-8-18-9-5-11-24-22(18)21)12-19-15-27-16-20(13-23)25(19)14-17-6-2-1-3-7-17/h1-11,19-20,26H,12-16H2. The minimum absolute atomic E-state index is 0.210. The highest BCUT2D eigenvalue weighted by atomic mass is 16.5. The minimum Gasteiger partial charge on any atom is -0.385 e. The van der Waals surface area contributed by atoms with Gasteiger partial charge in [0.2, 0.25) is 0 Å². The van der Waals surface area contributed by atoms with Crippen LogP contribution in [0.3, 0.4) is 0 Å². The summed E-state index contributed by atoms with van der Waals surface area (Å²) in [6, 6.07) is 21.1. The second-order valence-corrected chi connectivity index (χ2v) is 7.82. The van der Waals surface area contributed by atoms with Crippen LogP contribution in [-0.2, 0) is 16.9 Å². The molecule has 2 saturated heterocycles. The molecule has 3 heterocycles. The molecule has 1 aromatic heterocycles. The SMILES string of the molecule is OC1(c2cccc3cccnc23)CC2COCC(C1)N2Cc1ccccc1. The van der Waals surface area contributed by atoms with Crippen molar-refractivity contribution in [2.75, 3.05) is 13.2 Å². The number of fused-ring (bicyclic) bond motifs is 3. The van der Waals surface area contributed by atoms with E-state index in [9.17, 15) is 5.11 Å². The van der Waals surface area contributed by atoms with E-state index in [4.69, 9.17) is 4.74 Å². The van der Waals surface area contributed by atoms with Gasteiger partial charge in [-0.3, -0.25) is 9.88 Å². The number of hydrogen-bond donors (Lipinski definition) is 1. The van der Waals surface area contributed by atoms with E-state index in [1.165, 1.54) is 5.56 Å². The Bertz CT molecular complexity index is 924. The maximum absolute atomic E-state index is 11.7. The van der Waals surface area contributed by atoms with Crippen molar-refractivity contribution in [2.24, 2.45) is 0 Å². The van der Waals surface area contributed by atoms with E-state index >= 15 is 0 Å². The molecular formula is C23H24N2O2. The molecule has 2 fully saturated rings. The number of ether oxygens (including phenoxy) is 1. The molecule has 2 aliphatic heterocycles. The molecule has 0 aliphatic carbocycles. The van der Waals surface area contributed by atoms with Gasteiger partial charge in [0, 0.05) is 35.8 Å². The van der Waals surface area contributed by atoms with Crippen molar-refractivity contribution >= 4 is 10.9 Å². The van der Waals surface area contributed by atoms with Gasteiger partial charge in [-0.1, -0.05) is 54.6 Å². The molecule has 1 N–H and O–H groups in total. The number of aliphatic hydroxyl groups is 1. The maximum Gasteiger partial charge on any atom is 0.0949 e. The van der Waals surface area contributed by atoms with Crippen LogP contribution < -0.4 is 0 Å². The molecule has 0 radical (unpaired) electrons. The molecule has 0 amide bonds. The molecule has 2 bridgehead atoms. The van der Waals surface area contributed by atoms with E-state index in [0.717, 1.165) is 23.0 Å². The molecule has 138 valence electrons. The quantitative estimate of drug-likeness (QED) is 0.777. The van der Waals surface area contributed by atoms with Crippen LogP contribution in [0.15, 0.2) is 66.9 Å². The van der Waals surface area contributed by atoms with E-state index in [2.05, 4.69) is 52.3 Å². The van der Waals surface area contributed by atoms with E-state index in [1.54, 1.807) is 0 Å². The van der Waals surface area contributed by atoms with Crippen LogP contribution >= 0.6 is 0 Å². The third kappa shape index (κ3) is 3.04. The van der Waals surface area contributed by atoms with Crippen molar-refractivity contribution in [2.45, 2.75) is 37.1 Å². The zero-order chi connectivity index (χ0) is 18.3. The third-order valence-corrected chi connectivity index (χ3v) is 6.05. The Morgan fingerprint density at radius 3 is 2.48 bits per heavy atom. The summed E-state index contributed by atoms with van der Waals surface area (Å²) >= 11 is 0. The van der Waals surface area contributed by atoms with Crippen LogP contribution in [0.5, 0.6) is 0 Å². The van der Waals surface area contributed by atoms with Gasteiger partial charge in [-0.25, -0.2) is 0 Å². The predicted octanol–water partition coefficient (Wildman–Crippen LogP) is 3.49. The number of benzene rings is 2. The second-order valence-electron chi connectivity index (χ2n) is 7.82. The van der Waals surface area contributed by atoms with Crippen molar-refractivity contribution in [1.29, 1.82) is 0 Å². The van der Waals surface area contributed by atoms with E-state index in [0.29, 0.717) is 26.1 Å². The van der Waals surface area contributed by atoms with Gasteiger partial charge in [0.1, 0.15) is 0 Å². The van der Waals surface area contributed by atoms with Gasteiger partial charge in [-0.2, -0.15) is 0 Å². The van der Waals surface area contributed by atoms with Gasteiger partial charge >= 0.3 is 0 Å². The Kier molecular flexibility index (Phi) is 4.20. The Hall–Kier alpha value is -2.27. The van der Waals surface area contributed by atoms with Crippen LogP contribution in [0.25, 0.3) is 10.9 Å². The Balaban J connectivity index is 1.48. The molecule has 0 saturated carbocycles. The van der Waals surface area contributed by atoms with Gasteiger partial charge in [0.05, 0.1) is 24.3 Å². The van der Waals surface area contributed by atoms with Gasteiger partial charge in [-0.15, -0.1) is 0 Å². The molecule has 5 rings (SSSR count). The fourth-order valence-electron chi connectivity index (χ4n) is 4.80. The predicted molar refractivity (Wildman–Crippen MR) is 105 cm³/mol. The Morgan fingerprint density at radius 2 is 1.70 bits per heavy atom. The fraction of sp³-hybridized carbons (Fsp3) is 0.348. The van der Waals surface area contributed by atoms with Crippen molar-refractivity contribution in [1.82, 2.24) is 9.88 Å². The average Bonchev–Trinajstić information content (AvgIpc) is 2.69. The molecule has 4 nitrogen and oxygen atoms in total. The average molecular weight is 360 g/mol. The number of hydrogen-bond acceptors (Lipinski definition) is 4. The fourth-order valence-corrected chi connectivity index (χ4v) is 4.80. The van der Waals surface area contributed by atoms with Crippen LogP contribution in [0.4, 0.5) is 0 Å². The van der Waals surface area contributed by atoms with Gasteiger partial charge < -0.3 is 9.84 Å². The largest absolute Gasteiger partial charge is 0.385 e. The molecule has 0 spiro atoms. The molecule has 2 unspecified atom stereocenters. The number of pyridine rings is 1. The lowest BCUT2D eigenvalue weighted by atomic mass is 9.76. The van der Waals surface area contributed by atoms with Crippen molar-refractivity contribution in [3.8, 4) is 0 Å². The third-order valence-electron chi connectivity index (χ3n) is 6.05. The van der Waals surface area contributed by atoms with Gasteiger partial charge in [-0.05, 0) is 24.5 Å². The highest BCUT2D eigenvalue weighted by Crippen LogP contribution is 2.43. The summed E-state index contributed by atoms with van der Waals surface area (Å²) in [7, 11) is 0. The summed E-state index contributed by atoms with van der Waals surface area (Å²) in [5.41, 5.74) is 2.32. The molecule has 3 aromatic rings. The minimum atomic E-state index is -0.861. The first-order valence-electron chi connectivity index (χ1n) is 9.67. The first kappa shape index (κ1) is 16.9. The van der Waals surface area contributed by atoms with Crippen molar-refractivity contribution in [3.05, 3.63) is 78.0 Å². The number of piperidine rings is 1. The van der Waals surface area contributed by atoms with Crippen molar-refractivity contribution in [3.63, 3.8) is 0 Å². The van der Waals surface area contributed by atoms with Crippen molar-refractivity contribution < 1.29 is 9.84 Å².